The number of carboxylic acids is 1. The van der Waals surface area contributed by atoms with Crippen molar-refractivity contribution >= 4 is 17.6 Å². The SMILES string of the molecule is O=C(O)C1CN(C(=O)c2cnn(-c3ccccc3)c2)c2ccccc21. The van der Waals surface area contributed by atoms with Crippen molar-refractivity contribution in [3.8, 4) is 5.69 Å². The van der Waals surface area contributed by atoms with Gasteiger partial charge in [0.15, 0.2) is 0 Å². The van der Waals surface area contributed by atoms with Gasteiger partial charge in [0, 0.05) is 18.4 Å². The summed E-state index contributed by atoms with van der Waals surface area (Å²) < 4.78 is 1.63. The summed E-state index contributed by atoms with van der Waals surface area (Å²) in [4.78, 5) is 25.9. The smallest absolute Gasteiger partial charge is 0.312 e. The van der Waals surface area contributed by atoms with Gasteiger partial charge in [0.1, 0.15) is 5.92 Å². The van der Waals surface area contributed by atoms with Gasteiger partial charge in [-0.1, -0.05) is 36.4 Å². The van der Waals surface area contributed by atoms with Gasteiger partial charge < -0.3 is 10.0 Å². The van der Waals surface area contributed by atoms with Crippen molar-refractivity contribution < 1.29 is 14.7 Å². The zero-order valence-electron chi connectivity index (χ0n) is 13.2. The van der Waals surface area contributed by atoms with E-state index in [9.17, 15) is 14.7 Å². The minimum Gasteiger partial charge on any atom is -0.481 e. The second-order valence-electron chi connectivity index (χ2n) is 5.87. The van der Waals surface area contributed by atoms with Crippen LogP contribution < -0.4 is 4.90 Å². The highest BCUT2D eigenvalue weighted by molar-refractivity contribution is 6.08. The third-order valence-electron chi connectivity index (χ3n) is 4.36. The number of carboxylic acid groups (broad SMARTS) is 1. The molecule has 0 radical (unpaired) electrons. The lowest BCUT2D eigenvalue weighted by Crippen LogP contribution is -2.31. The van der Waals surface area contributed by atoms with Crippen molar-refractivity contribution in [2.24, 2.45) is 0 Å². The molecule has 0 bridgehead atoms. The van der Waals surface area contributed by atoms with E-state index in [2.05, 4.69) is 5.10 Å². The monoisotopic (exact) mass is 333 g/mol. The van der Waals surface area contributed by atoms with Gasteiger partial charge in [0.05, 0.1) is 17.4 Å². The normalized spacial score (nSPS) is 15.8. The van der Waals surface area contributed by atoms with Crippen LogP contribution in [0.15, 0.2) is 67.0 Å². The van der Waals surface area contributed by atoms with Crippen LogP contribution in [-0.4, -0.2) is 33.3 Å². The van der Waals surface area contributed by atoms with E-state index in [1.807, 2.05) is 30.3 Å². The topological polar surface area (TPSA) is 75.4 Å². The van der Waals surface area contributed by atoms with Crippen LogP contribution in [-0.2, 0) is 4.79 Å². The number of hydrogen-bond donors (Lipinski definition) is 1. The summed E-state index contributed by atoms with van der Waals surface area (Å²) in [7, 11) is 0. The maximum Gasteiger partial charge on any atom is 0.312 e. The van der Waals surface area contributed by atoms with Crippen LogP contribution in [0.4, 0.5) is 5.69 Å². The second kappa shape index (κ2) is 5.90. The van der Waals surface area contributed by atoms with Crippen molar-refractivity contribution in [3.63, 3.8) is 0 Å². The Morgan fingerprint density at radius 1 is 1.04 bits per heavy atom. The van der Waals surface area contributed by atoms with Crippen molar-refractivity contribution in [2.75, 3.05) is 11.4 Å². The molecule has 1 aliphatic rings. The van der Waals surface area contributed by atoms with E-state index >= 15 is 0 Å². The number of aromatic nitrogens is 2. The van der Waals surface area contributed by atoms with Gasteiger partial charge in [0.2, 0.25) is 0 Å². The molecule has 1 N–H and O–H groups in total. The Kier molecular flexibility index (Phi) is 3.57. The molecular formula is C19H15N3O3. The number of rotatable bonds is 3. The summed E-state index contributed by atoms with van der Waals surface area (Å²) in [5, 5.41) is 13.7. The molecule has 1 unspecified atom stereocenters. The lowest BCUT2D eigenvalue weighted by molar-refractivity contribution is -0.138. The zero-order chi connectivity index (χ0) is 17.4. The molecule has 25 heavy (non-hydrogen) atoms. The molecule has 1 amide bonds. The first-order valence-electron chi connectivity index (χ1n) is 7.89. The van der Waals surface area contributed by atoms with E-state index in [1.165, 1.54) is 11.1 Å². The highest BCUT2D eigenvalue weighted by Crippen LogP contribution is 2.37. The van der Waals surface area contributed by atoms with Gasteiger partial charge in [-0.2, -0.15) is 5.10 Å². The zero-order valence-corrected chi connectivity index (χ0v) is 13.2. The third kappa shape index (κ3) is 2.57. The van der Waals surface area contributed by atoms with Crippen molar-refractivity contribution in [3.05, 3.63) is 78.1 Å². The highest BCUT2D eigenvalue weighted by atomic mass is 16.4. The fraction of sp³-hybridized carbons (Fsp3) is 0.105. The van der Waals surface area contributed by atoms with Crippen LogP contribution in [0, 0.1) is 0 Å². The van der Waals surface area contributed by atoms with Crippen LogP contribution >= 0.6 is 0 Å². The second-order valence-corrected chi connectivity index (χ2v) is 5.87. The van der Waals surface area contributed by atoms with Crippen molar-refractivity contribution in [2.45, 2.75) is 5.92 Å². The standard InChI is InChI=1S/C19H15N3O3/c23-18(13-10-20-22(11-13)14-6-2-1-3-7-14)21-12-16(19(24)25)15-8-4-5-9-17(15)21/h1-11,16H,12H2,(H,24,25). The molecular weight excluding hydrogens is 318 g/mol. The molecule has 1 aromatic heterocycles. The van der Waals surface area contributed by atoms with E-state index < -0.39 is 11.9 Å². The summed E-state index contributed by atoms with van der Waals surface area (Å²) in [5.74, 6) is -1.88. The first-order valence-corrected chi connectivity index (χ1v) is 7.89. The molecule has 0 fully saturated rings. The number of fused-ring (bicyclic) bond motifs is 1. The summed E-state index contributed by atoms with van der Waals surface area (Å²) in [6.45, 7) is 0.129. The largest absolute Gasteiger partial charge is 0.481 e. The number of hydrogen-bond acceptors (Lipinski definition) is 3. The molecule has 1 aliphatic heterocycles. The lowest BCUT2D eigenvalue weighted by Gasteiger charge is -2.16. The van der Waals surface area contributed by atoms with Gasteiger partial charge in [0.25, 0.3) is 5.91 Å². The van der Waals surface area contributed by atoms with Crippen LogP contribution in [0.25, 0.3) is 5.69 Å². The predicted octanol–water partition coefficient (Wildman–Crippen LogP) is 2.70. The van der Waals surface area contributed by atoms with Gasteiger partial charge in [-0.05, 0) is 23.8 Å². The van der Waals surface area contributed by atoms with Gasteiger partial charge >= 0.3 is 5.97 Å². The summed E-state index contributed by atoms with van der Waals surface area (Å²) in [6, 6.07) is 16.6. The number of aliphatic carboxylic acids is 1. The lowest BCUT2D eigenvalue weighted by atomic mass is 10.0. The number of carbonyl (C=O) groups excluding carboxylic acids is 1. The molecule has 6 nitrogen and oxygen atoms in total. The molecule has 0 saturated carbocycles. The highest BCUT2D eigenvalue weighted by Gasteiger charge is 2.36. The number of nitrogens with zero attached hydrogens (tertiary/aromatic N) is 3. The van der Waals surface area contributed by atoms with E-state index in [4.69, 9.17) is 0 Å². The van der Waals surface area contributed by atoms with Crippen LogP contribution in [0.3, 0.4) is 0 Å². The van der Waals surface area contributed by atoms with E-state index in [0.717, 1.165) is 5.69 Å². The number of para-hydroxylation sites is 2. The Hall–Kier alpha value is -3.41. The summed E-state index contributed by atoms with van der Waals surface area (Å²) in [6.07, 6.45) is 3.17. The average Bonchev–Trinajstić information content (AvgIpc) is 3.27. The molecule has 2 aromatic carbocycles. The summed E-state index contributed by atoms with van der Waals surface area (Å²) >= 11 is 0. The van der Waals surface area contributed by atoms with Crippen LogP contribution in [0.1, 0.15) is 21.8 Å². The summed E-state index contributed by atoms with van der Waals surface area (Å²) in [5.41, 5.74) is 2.59. The Morgan fingerprint density at radius 3 is 2.52 bits per heavy atom. The Balaban J connectivity index is 1.66. The molecule has 0 saturated heterocycles. The fourth-order valence-corrected chi connectivity index (χ4v) is 3.12. The molecule has 6 heteroatoms. The quantitative estimate of drug-likeness (QED) is 0.799. The first-order chi connectivity index (χ1) is 12.1. The molecule has 124 valence electrons. The maximum atomic E-state index is 12.9. The number of amides is 1. The molecule has 0 spiro atoms. The molecule has 2 heterocycles. The Bertz CT molecular complexity index is 949. The minimum atomic E-state index is -0.928. The van der Waals surface area contributed by atoms with Crippen LogP contribution in [0.5, 0.6) is 0 Å². The van der Waals surface area contributed by atoms with E-state index in [1.54, 1.807) is 35.1 Å². The number of benzene rings is 2. The predicted molar refractivity (Wildman–Crippen MR) is 92.1 cm³/mol. The minimum absolute atomic E-state index is 0.129. The van der Waals surface area contributed by atoms with Crippen LogP contribution in [0.2, 0.25) is 0 Å². The van der Waals surface area contributed by atoms with E-state index in [0.29, 0.717) is 16.8 Å². The van der Waals surface area contributed by atoms with Gasteiger partial charge in [-0.3, -0.25) is 9.59 Å². The molecule has 4 rings (SSSR count). The molecule has 3 aromatic rings. The number of carbonyl (C=O) groups is 2. The van der Waals surface area contributed by atoms with Gasteiger partial charge in [-0.15, -0.1) is 0 Å². The Morgan fingerprint density at radius 2 is 1.76 bits per heavy atom. The third-order valence-corrected chi connectivity index (χ3v) is 4.36. The average molecular weight is 333 g/mol. The number of anilines is 1. The molecule has 0 aliphatic carbocycles. The molecule has 1 atom stereocenters. The van der Waals surface area contributed by atoms with Gasteiger partial charge in [-0.25, -0.2) is 4.68 Å². The fourth-order valence-electron chi connectivity index (χ4n) is 3.12. The first kappa shape index (κ1) is 15.1. The van der Waals surface area contributed by atoms with Crippen molar-refractivity contribution in [1.29, 1.82) is 0 Å². The van der Waals surface area contributed by atoms with E-state index in [-0.39, 0.29) is 12.5 Å². The maximum absolute atomic E-state index is 12.9. The van der Waals surface area contributed by atoms with Crippen molar-refractivity contribution in [1.82, 2.24) is 9.78 Å². The Labute approximate surface area is 143 Å².